The van der Waals surface area contributed by atoms with Gasteiger partial charge in [-0.25, -0.2) is 4.98 Å². The van der Waals surface area contributed by atoms with Gasteiger partial charge in [0.15, 0.2) is 27.4 Å². The highest BCUT2D eigenvalue weighted by Crippen LogP contribution is 2.33. The van der Waals surface area contributed by atoms with E-state index in [0.29, 0.717) is 54.7 Å². The third-order valence-corrected chi connectivity index (χ3v) is 7.61. The van der Waals surface area contributed by atoms with Crippen molar-refractivity contribution in [3.8, 4) is 11.5 Å². The van der Waals surface area contributed by atoms with Crippen LogP contribution in [-0.2, 0) is 11.2 Å². The number of fused-ring (bicyclic) bond motifs is 1. The summed E-state index contributed by atoms with van der Waals surface area (Å²) in [5.74, 6) is 1.56. The standard InChI is InChI=1S/C23H21N3O6S2/c27-17(15-3-4-18-20(10-15)32-14-31-18)13-34-23-24-16(12-33-23)11-21(28)25-5-7-26(8-6-25)22(29)19-2-1-9-30-19/h1-4,9-10,12H,5-8,11,13-14H2. The minimum Gasteiger partial charge on any atom is -0.459 e. The number of nitrogens with zero attached hydrogens (tertiary/aromatic N) is 3. The second-order valence-electron chi connectivity index (χ2n) is 7.71. The van der Waals surface area contributed by atoms with Crippen molar-refractivity contribution in [1.29, 1.82) is 0 Å². The number of rotatable bonds is 7. The normalized spacial score (nSPS) is 14.9. The third-order valence-electron chi connectivity index (χ3n) is 5.54. The lowest BCUT2D eigenvalue weighted by Crippen LogP contribution is -2.50. The zero-order valence-corrected chi connectivity index (χ0v) is 19.7. The highest BCUT2D eigenvalue weighted by molar-refractivity contribution is 8.01. The first kappa shape index (κ1) is 22.5. The van der Waals surface area contributed by atoms with E-state index in [2.05, 4.69) is 4.98 Å². The molecule has 0 saturated carbocycles. The third kappa shape index (κ3) is 4.95. The second-order valence-corrected chi connectivity index (χ2v) is 9.79. The Balaban J connectivity index is 1.09. The molecule has 1 saturated heterocycles. The van der Waals surface area contributed by atoms with Gasteiger partial charge in [0, 0.05) is 37.1 Å². The Hall–Kier alpha value is -3.31. The van der Waals surface area contributed by atoms with Crippen molar-refractivity contribution in [1.82, 2.24) is 14.8 Å². The minimum atomic E-state index is -0.159. The first-order valence-electron chi connectivity index (χ1n) is 10.7. The van der Waals surface area contributed by atoms with Gasteiger partial charge in [0.25, 0.3) is 5.91 Å². The number of Topliss-reactive ketones (excluding diaryl/α,β-unsaturated/α-hetero) is 1. The Morgan fingerprint density at radius 2 is 1.82 bits per heavy atom. The van der Waals surface area contributed by atoms with E-state index in [9.17, 15) is 14.4 Å². The van der Waals surface area contributed by atoms with Gasteiger partial charge >= 0.3 is 0 Å². The van der Waals surface area contributed by atoms with Crippen LogP contribution in [0.5, 0.6) is 11.5 Å². The summed E-state index contributed by atoms with van der Waals surface area (Å²) in [6.07, 6.45) is 1.67. The van der Waals surface area contributed by atoms with Crippen molar-refractivity contribution >= 4 is 40.7 Å². The summed E-state index contributed by atoms with van der Waals surface area (Å²) in [5, 5.41) is 1.85. The number of thiazole rings is 1. The van der Waals surface area contributed by atoms with E-state index in [4.69, 9.17) is 13.9 Å². The van der Waals surface area contributed by atoms with Gasteiger partial charge in [0.05, 0.1) is 24.1 Å². The average Bonchev–Trinajstić information content (AvgIpc) is 3.64. The van der Waals surface area contributed by atoms with Crippen molar-refractivity contribution in [2.45, 2.75) is 10.8 Å². The van der Waals surface area contributed by atoms with Crippen LogP contribution in [0.15, 0.2) is 50.7 Å². The van der Waals surface area contributed by atoms with Crippen molar-refractivity contribution in [3.05, 3.63) is 59.0 Å². The monoisotopic (exact) mass is 499 g/mol. The number of carbonyl (C=O) groups is 3. The van der Waals surface area contributed by atoms with Gasteiger partial charge in [-0.05, 0) is 30.3 Å². The smallest absolute Gasteiger partial charge is 0.289 e. The van der Waals surface area contributed by atoms with Crippen LogP contribution in [0.1, 0.15) is 26.6 Å². The van der Waals surface area contributed by atoms with Crippen LogP contribution >= 0.6 is 23.1 Å². The lowest BCUT2D eigenvalue weighted by molar-refractivity contribution is -0.132. The molecule has 0 atom stereocenters. The Kier molecular flexibility index (Phi) is 6.54. The molecule has 0 bridgehead atoms. The van der Waals surface area contributed by atoms with Crippen molar-refractivity contribution in [2.24, 2.45) is 0 Å². The molecule has 176 valence electrons. The maximum Gasteiger partial charge on any atom is 0.289 e. The fraction of sp³-hybridized carbons (Fsp3) is 0.304. The number of benzene rings is 1. The van der Waals surface area contributed by atoms with E-state index >= 15 is 0 Å². The van der Waals surface area contributed by atoms with Crippen LogP contribution in [-0.4, -0.2) is 71.1 Å². The molecule has 2 aliphatic heterocycles. The summed E-state index contributed by atoms with van der Waals surface area (Å²) < 4.78 is 16.5. The van der Waals surface area contributed by atoms with Crippen LogP contribution in [0.3, 0.4) is 0 Å². The molecule has 4 heterocycles. The summed E-state index contributed by atoms with van der Waals surface area (Å²) in [5.41, 5.74) is 1.25. The zero-order valence-electron chi connectivity index (χ0n) is 18.1. The molecule has 1 aromatic carbocycles. The van der Waals surface area contributed by atoms with E-state index < -0.39 is 0 Å². The maximum atomic E-state index is 12.7. The second kappa shape index (κ2) is 9.90. The molecule has 2 aromatic heterocycles. The van der Waals surface area contributed by atoms with Crippen LogP contribution in [0, 0.1) is 0 Å². The highest BCUT2D eigenvalue weighted by Gasteiger charge is 2.26. The number of amides is 2. The summed E-state index contributed by atoms with van der Waals surface area (Å²) in [6.45, 7) is 2.04. The lowest BCUT2D eigenvalue weighted by atomic mass is 10.1. The predicted molar refractivity (Wildman–Crippen MR) is 125 cm³/mol. The van der Waals surface area contributed by atoms with E-state index in [1.54, 1.807) is 40.1 Å². The fourth-order valence-corrected chi connectivity index (χ4v) is 5.44. The molecule has 34 heavy (non-hydrogen) atoms. The molecular formula is C23H21N3O6S2. The number of ether oxygens (including phenoxy) is 2. The van der Waals surface area contributed by atoms with E-state index in [1.807, 2.05) is 5.38 Å². The number of ketones is 1. The molecule has 5 rings (SSSR count). The maximum absolute atomic E-state index is 12.7. The first-order valence-corrected chi connectivity index (χ1v) is 12.5. The van der Waals surface area contributed by atoms with Gasteiger partial charge in [-0.3, -0.25) is 14.4 Å². The van der Waals surface area contributed by atoms with E-state index in [0.717, 1.165) is 4.34 Å². The number of hydrogen-bond acceptors (Lipinski definition) is 9. The first-order chi connectivity index (χ1) is 16.6. The molecule has 0 N–H and O–H groups in total. The summed E-state index contributed by atoms with van der Waals surface area (Å²) in [6, 6.07) is 8.48. The molecule has 2 aliphatic rings. The van der Waals surface area contributed by atoms with Gasteiger partial charge in [0.2, 0.25) is 12.7 Å². The van der Waals surface area contributed by atoms with Gasteiger partial charge in [-0.1, -0.05) is 11.8 Å². The molecule has 11 heteroatoms. The number of piperazine rings is 1. The lowest BCUT2D eigenvalue weighted by Gasteiger charge is -2.34. The van der Waals surface area contributed by atoms with Crippen molar-refractivity contribution < 1.29 is 28.3 Å². The fourth-order valence-electron chi connectivity index (χ4n) is 3.70. The SMILES string of the molecule is O=C(CSc1nc(CC(=O)N2CCN(C(=O)c3ccco3)CC2)cs1)c1ccc2c(c1)OCO2. The molecule has 1 fully saturated rings. The van der Waals surface area contributed by atoms with Gasteiger partial charge in [-0.15, -0.1) is 11.3 Å². The highest BCUT2D eigenvalue weighted by atomic mass is 32.2. The van der Waals surface area contributed by atoms with E-state index in [-0.39, 0.29) is 36.6 Å². The number of thioether (sulfide) groups is 1. The Morgan fingerprint density at radius 1 is 1.03 bits per heavy atom. The Bertz CT molecular complexity index is 1200. The molecule has 0 spiro atoms. The van der Waals surface area contributed by atoms with Crippen LogP contribution < -0.4 is 9.47 Å². The average molecular weight is 500 g/mol. The van der Waals surface area contributed by atoms with Crippen LogP contribution in [0.25, 0.3) is 0 Å². The molecule has 3 aromatic rings. The molecule has 0 radical (unpaired) electrons. The predicted octanol–water partition coefficient (Wildman–Crippen LogP) is 2.97. The topological polar surface area (TPSA) is 102 Å². The van der Waals surface area contributed by atoms with Gasteiger partial charge < -0.3 is 23.7 Å². The van der Waals surface area contributed by atoms with Crippen molar-refractivity contribution in [2.75, 3.05) is 38.7 Å². The largest absolute Gasteiger partial charge is 0.459 e. The minimum absolute atomic E-state index is 0.0246. The number of aromatic nitrogens is 1. The summed E-state index contributed by atoms with van der Waals surface area (Å²) in [4.78, 5) is 45.5. The molecule has 9 nitrogen and oxygen atoms in total. The number of hydrogen-bond donors (Lipinski definition) is 0. The molecule has 0 unspecified atom stereocenters. The Morgan fingerprint density at radius 3 is 2.62 bits per heavy atom. The van der Waals surface area contributed by atoms with Crippen LogP contribution in [0.4, 0.5) is 0 Å². The van der Waals surface area contributed by atoms with Crippen molar-refractivity contribution in [3.63, 3.8) is 0 Å². The summed E-state index contributed by atoms with van der Waals surface area (Å²) in [7, 11) is 0. The van der Waals surface area contributed by atoms with E-state index in [1.165, 1.54) is 29.4 Å². The molecular weight excluding hydrogens is 478 g/mol. The quantitative estimate of drug-likeness (QED) is 0.361. The molecule has 2 amide bonds. The number of furan rings is 1. The summed E-state index contributed by atoms with van der Waals surface area (Å²) >= 11 is 2.77. The van der Waals surface area contributed by atoms with Gasteiger partial charge in [0.1, 0.15) is 0 Å². The van der Waals surface area contributed by atoms with Crippen LogP contribution in [0.2, 0.25) is 0 Å². The zero-order chi connectivity index (χ0) is 23.5. The molecule has 0 aliphatic carbocycles. The van der Waals surface area contributed by atoms with Gasteiger partial charge in [-0.2, -0.15) is 0 Å². The Labute approximate surface area is 203 Å². The number of carbonyl (C=O) groups excluding carboxylic acids is 3.